The molecule has 1 aliphatic rings. The van der Waals surface area contributed by atoms with Gasteiger partial charge in [-0.05, 0) is 18.1 Å². The van der Waals surface area contributed by atoms with Gasteiger partial charge < -0.3 is 5.73 Å². The van der Waals surface area contributed by atoms with Crippen LogP contribution in [0.3, 0.4) is 0 Å². The molecular weight excluding hydrogens is 338 g/mol. The van der Waals surface area contributed by atoms with Gasteiger partial charge in [-0.25, -0.2) is 4.99 Å². The SMILES string of the molecule is CCn1cc(CN2C(=O)C(c3ccccc3)(c3ccccc3)N=C2N)cn1. The van der Waals surface area contributed by atoms with Crippen molar-refractivity contribution in [1.82, 2.24) is 14.7 Å². The molecule has 0 saturated carbocycles. The number of aliphatic imine (C=N–C) groups is 1. The average molecular weight is 359 g/mol. The summed E-state index contributed by atoms with van der Waals surface area (Å²) in [5.74, 6) is 0.0682. The highest BCUT2D eigenvalue weighted by atomic mass is 16.2. The molecule has 1 amide bonds. The maximum absolute atomic E-state index is 13.6. The Morgan fingerprint density at radius 1 is 1.00 bits per heavy atom. The van der Waals surface area contributed by atoms with Crippen LogP contribution in [0.4, 0.5) is 0 Å². The molecule has 0 unspecified atom stereocenters. The van der Waals surface area contributed by atoms with Crippen molar-refractivity contribution in [2.24, 2.45) is 10.7 Å². The van der Waals surface area contributed by atoms with Gasteiger partial charge in [0.25, 0.3) is 5.91 Å². The zero-order chi connectivity index (χ0) is 18.9. The summed E-state index contributed by atoms with van der Waals surface area (Å²) >= 11 is 0. The highest BCUT2D eigenvalue weighted by Crippen LogP contribution is 2.39. The van der Waals surface area contributed by atoms with E-state index in [1.165, 1.54) is 4.90 Å². The maximum Gasteiger partial charge on any atom is 0.266 e. The van der Waals surface area contributed by atoms with E-state index in [4.69, 9.17) is 5.73 Å². The molecule has 6 heteroatoms. The van der Waals surface area contributed by atoms with Gasteiger partial charge in [0.2, 0.25) is 0 Å². The zero-order valence-electron chi connectivity index (χ0n) is 15.1. The van der Waals surface area contributed by atoms with Crippen molar-refractivity contribution >= 4 is 11.9 Å². The van der Waals surface area contributed by atoms with E-state index in [-0.39, 0.29) is 11.9 Å². The van der Waals surface area contributed by atoms with Crippen molar-refractivity contribution in [3.05, 3.63) is 89.7 Å². The smallest absolute Gasteiger partial charge is 0.266 e. The molecule has 0 spiro atoms. The Hall–Kier alpha value is -3.41. The van der Waals surface area contributed by atoms with Crippen molar-refractivity contribution in [2.45, 2.75) is 25.6 Å². The van der Waals surface area contributed by atoms with Gasteiger partial charge in [0.15, 0.2) is 11.5 Å². The van der Waals surface area contributed by atoms with Crippen LogP contribution in [0.15, 0.2) is 78.0 Å². The lowest BCUT2D eigenvalue weighted by Gasteiger charge is -2.27. The van der Waals surface area contributed by atoms with Gasteiger partial charge in [0, 0.05) is 18.3 Å². The molecule has 0 saturated heterocycles. The summed E-state index contributed by atoms with van der Waals surface area (Å²) < 4.78 is 1.82. The third kappa shape index (κ3) is 2.79. The molecule has 2 heterocycles. The van der Waals surface area contributed by atoms with E-state index in [2.05, 4.69) is 10.1 Å². The lowest BCUT2D eigenvalue weighted by Crippen LogP contribution is -2.43. The van der Waals surface area contributed by atoms with Crippen LogP contribution in [0.5, 0.6) is 0 Å². The number of carbonyl (C=O) groups is 1. The number of aromatic nitrogens is 2. The third-order valence-electron chi connectivity index (χ3n) is 4.85. The van der Waals surface area contributed by atoms with Crippen LogP contribution < -0.4 is 5.73 Å². The molecule has 0 bridgehead atoms. The summed E-state index contributed by atoms with van der Waals surface area (Å²) in [5, 5.41) is 4.28. The van der Waals surface area contributed by atoms with Gasteiger partial charge in [-0.2, -0.15) is 5.10 Å². The number of nitrogens with zero attached hydrogens (tertiary/aromatic N) is 4. The highest BCUT2D eigenvalue weighted by molar-refractivity contribution is 6.09. The second-order valence-corrected chi connectivity index (χ2v) is 6.51. The number of rotatable bonds is 5. The normalized spacial score (nSPS) is 15.8. The van der Waals surface area contributed by atoms with Gasteiger partial charge in [-0.15, -0.1) is 0 Å². The lowest BCUT2D eigenvalue weighted by molar-refractivity contribution is -0.130. The first-order valence-corrected chi connectivity index (χ1v) is 8.95. The Morgan fingerprint density at radius 3 is 2.11 bits per heavy atom. The molecule has 3 aromatic rings. The standard InChI is InChI=1S/C21H21N5O/c1-2-25-14-16(13-23-25)15-26-19(27)21(24-20(26)22,17-9-5-3-6-10-17)18-11-7-4-8-12-18/h3-14H,2,15H2,1H3,(H2,22,24). The molecular formula is C21H21N5O. The summed E-state index contributed by atoms with van der Waals surface area (Å²) in [6, 6.07) is 19.2. The quantitative estimate of drug-likeness (QED) is 0.760. The van der Waals surface area contributed by atoms with Crippen molar-refractivity contribution in [1.29, 1.82) is 0 Å². The summed E-state index contributed by atoms with van der Waals surface area (Å²) in [4.78, 5) is 19.9. The minimum absolute atomic E-state index is 0.151. The predicted octanol–water partition coefficient (Wildman–Crippen LogP) is 2.50. The van der Waals surface area contributed by atoms with E-state index in [0.29, 0.717) is 6.54 Å². The van der Waals surface area contributed by atoms with Crippen molar-refractivity contribution < 1.29 is 4.79 Å². The molecule has 2 aromatic carbocycles. The molecule has 2 N–H and O–H groups in total. The molecule has 6 nitrogen and oxygen atoms in total. The van der Waals surface area contributed by atoms with Crippen molar-refractivity contribution in [2.75, 3.05) is 0 Å². The second-order valence-electron chi connectivity index (χ2n) is 6.51. The first kappa shape index (κ1) is 17.0. The van der Waals surface area contributed by atoms with E-state index in [1.807, 2.05) is 78.5 Å². The van der Waals surface area contributed by atoms with Crippen LogP contribution in [0.1, 0.15) is 23.6 Å². The highest BCUT2D eigenvalue weighted by Gasteiger charge is 2.50. The summed E-state index contributed by atoms with van der Waals surface area (Å²) in [5.41, 5.74) is 7.60. The second kappa shape index (κ2) is 6.72. The molecule has 0 fully saturated rings. The van der Waals surface area contributed by atoms with E-state index >= 15 is 0 Å². The molecule has 0 aliphatic carbocycles. The number of guanidine groups is 1. The van der Waals surface area contributed by atoms with E-state index < -0.39 is 5.54 Å². The number of hydrogen-bond donors (Lipinski definition) is 1. The van der Waals surface area contributed by atoms with E-state index in [1.54, 1.807) is 6.20 Å². The fraction of sp³-hybridized carbons (Fsp3) is 0.190. The molecule has 1 aliphatic heterocycles. The van der Waals surface area contributed by atoms with Crippen LogP contribution in [0.2, 0.25) is 0 Å². The summed E-state index contributed by atoms with van der Waals surface area (Å²) in [6.45, 7) is 3.13. The molecule has 4 rings (SSSR count). The Labute approximate surface area is 157 Å². The molecule has 136 valence electrons. The minimum atomic E-state index is -1.16. The fourth-order valence-electron chi connectivity index (χ4n) is 3.48. The Bertz CT molecular complexity index is 939. The van der Waals surface area contributed by atoms with Crippen LogP contribution in [-0.2, 0) is 23.4 Å². The predicted molar refractivity (Wildman–Crippen MR) is 104 cm³/mol. The Balaban J connectivity index is 1.78. The first-order valence-electron chi connectivity index (χ1n) is 8.95. The molecule has 27 heavy (non-hydrogen) atoms. The van der Waals surface area contributed by atoms with E-state index in [0.717, 1.165) is 23.2 Å². The largest absolute Gasteiger partial charge is 0.369 e. The van der Waals surface area contributed by atoms with Crippen LogP contribution in [0, 0.1) is 0 Å². The number of nitrogens with two attached hydrogens (primary N) is 1. The van der Waals surface area contributed by atoms with Crippen molar-refractivity contribution in [3.63, 3.8) is 0 Å². The fourth-order valence-corrected chi connectivity index (χ4v) is 3.48. The number of amides is 1. The van der Waals surface area contributed by atoms with Crippen molar-refractivity contribution in [3.8, 4) is 0 Å². The van der Waals surface area contributed by atoms with Crippen LogP contribution in [-0.4, -0.2) is 26.5 Å². The summed E-state index contributed by atoms with van der Waals surface area (Å²) in [7, 11) is 0. The van der Waals surface area contributed by atoms with Crippen LogP contribution >= 0.6 is 0 Å². The van der Waals surface area contributed by atoms with Gasteiger partial charge in [0.05, 0.1) is 12.7 Å². The maximum atomic E-state index is 13.6. The molecule has 1 aromatic heterocycles. The Morgan fingerprint density at radius 2 is 1.59 bits per heavy atom. The monoisotopic (exact) mass is 359 g/mol. The number of carbonyl (C=O) groups excluding carboxylic acids is 1. The summed E-state index contributed by atoms with van der Waals surface area (Å²) in [6.07, 6.45) is 3.68. The number of aryl methyl sites for hydroxylation is 1. The van der Waals surface area contributed by atoms with Gasteiger partial charge in [-0.1, -0.05) is 60.7 Å². The lowest BCUT2D eigenvalue weighted by atomic mass is 9.83. The molecule has 0 atom stereocenters. The zero-order valence-corrected chi connectivity index (χ0v) is 15.1. The van der Waals surface area contributed by atoms with Gasteiger partial charge in [-0.3, -0.25) is 14.4 Å². The van der Waals surface area contributed by atoms with Crippen LogP contribution in [0.25, 0.3) is 0 Å². The van der Waals surface area contributed by atoms with E-state index in [9.17, 15) is 4.79 Å². The first-order chi connectivity index (χ1) is 13.1. The molecule has 0 radical (unpaired) electrons. The minimum Gasteiger partial charge on any atom is -0.369 e. The Kier molecular flexibility index (Phi) is 4.24. The number of benzene rings is 2. The number of hydrogen-bond acceptors (Lipinski definition) is 4. The van der Waals surface area contributed by atoms with Gasteiger partial charge in [0.1, 0.15) is 0 Å². The third-order valence-corrected chi connectivity index (χ3v) is 4.85. The topological polar surface area (TPSA) is 76.5 Å². The van der Waals surface area contributed by atoms with Gasteiger partial charge >= 0.3 is 0 Å². The average Bonchev–Trinajstić information content (AvgIpc) is 3.28.